The zero-order valence-corrected chi connectivity index (χ0v) is 38.0. The fourth-order valence-electron chi connectivity index (χ4n) is 9.07. The molecule has 1 spiro atoms. The number of ether oxygens (including phenoxy) is 3. The van der Waals surface area contributed by atoms with Crippen molar-refractivity contribution >= 4 is 34.1 Å². The molecule has 0 aliphatic carbocycles. The Bertz CT molecular complexity index is 2330. The van der Waals surface area contributed by atoms with Crippen molar-refractivity contribution in [1.29, 1.82) is 0 Å². The first kappa shape index (κ1) is 49.1. The summed E-state index contributed by atoms with van der Waals surface area (Å²) in [5.41, 5.74) is -2.20. The topological polar surface area (TPSA) is 260 Å². The number of nitrogens with one attached hydrogen (secondary N) is 1. The van der Waals surface area contributed by atoms with Crippen LogP contribution in [-0.4, -0.2) is 116 Å². The van der Waals surface area contributed by atoms with Crippen LogP contribution in [0.2, 0.25) is 0 Å². The molecule has 63 heavy (non-hydrogen) atoms. The molecule has 3 aliphatic heterocycles. The highest BCUT2D eigenvalue weighted by molar-refractivity contribution is 6.17. The van der Waals surface area contributed by atoms with E-state index in [1.54, 1.807) is 39.8 Å². The van der Waals surface area contributed by atoms with E-state index in [2.05, 4.69) is 5.32 Å². The number of nitrogens with zero attached hydrogens (tertiary/aromatic N) is 3. The number of quaternary nitrogens is 1. The van der Waals surface area contributed by atoms with E-state index < -0.39 is 105 Å². The van der Waals surface area contributed by atoms with Crippen molar-refractivity contribution in [2.45, 2.75) is 118 Å². The van der Waals surface area contributed by atoms with E-state index in [0.29, 0.717) is 6.54 Å². The van der Waals surface area contributed by atoms with Gasteiger partial charge >= 0.3 is 5.97 Å². The van der Waals surface area contributed by atoms with Gasteiger partial charge in [-0.1, -0.05) is 59.8 Å². The van der Waals surface area contributed by atoms with Crippen LogP contribution >= 0.6 is 0 Å². The molecule has 1 amide bonds. The smallest absolute Gasteiger partial charge is 0.302 e. The number of methoxy groups -OCH3 is 1. The predicted molar refractivity (Wildman–Crippen MR) is 233 cm³/mol. The number of piperidine rings is 1. The molecule has 0 saturated carbocycles. The first-order chi connectivity index (χ1) is 29.3. The van der Waals surface area contributed by atoms with Gasteiger partial charge in [0.15, 0.2) is 11.4 Å². The van der Waals surface area contributed by atoms with E-state index in [-0.39, 0.29) is 70.2 Å². The normalized spacial score (nSPS) is 35.2. The number of phenolic OH excluding ortho intramolecular Hbond substituents is 3. The monoisotopic (exact) mass is 880 g/mol. The van der Waals surface area contributed by atoms with Gasteiger partial charge in [0.25, 0.3) is 11.7 Å². The number of hydrogen-bond donors (Lipinski definition) is 7. The number of hydroxylamine groups is 3. The number of Topliss-reactive ketones (excluding diaryl/α,β-unsaturated/α-hetero) is 1. The van der Waals surface area contributed by atoms with E-state index in [4.69, 9.17) is 24.2 Å². The molecule has 1 saturated heterocycles. The summed E-state index contributed by atoms with van der Waals surface area (Å²) in [5.74, 6) is -9.92. The zero-order chi connectivity index (χ0) is 47.1. The maximum Gasteiger partial charge on any atom is 0.302 e. The third-order valence-corrected chi connectivity index (χ3v) is 12.9. The van der Waals surface area contributed by atoms with Gasteiger partial charge < -0.3 is 60.0 Å². The van der Waals surface area contributed by atoms with E-state index in [1.165, 1.54) is 40.0 Å². The Kier molecular flexibility index (Phi) is 14.6. The van der Waals surface area contributed by atoms with Gasteiger partial charge in [-0.15, -0.1) is 0 Å². The molecule has 0 radical (unpaired) electrons. The average molecular weight is 881 g/mol. The summed E-state index contributed by atoms with van der Waals surface area (Å²) in [6.45, 7) is 16.4. The summed E-state index contributed by atoms with van der Waals surface area (Å²) in [7, 11) is 1.38. The van der Waals surface area contributed by atoms with Crippen molar-refractivity contribution < 1.29 is 63.9 Å². The number of ketones is 1. The number of carbonyl (C=O) groups excluding carboxylic acids is 3. The van der Waals surface area contributed by atoms with Gasteiger partial charge in [0.05, 0.1) is 60.5 Å². The zero-order valence-electron chi connectivity index (χ0n) is 38.0. The van der Waals surface area contributed by atoms with Gasteiger partial charge in [0, 0.05) is 79.9 Å². The molecule has 3 heterocycles. The van der Waals surface area contributed by atoms with Crippen LogP contribution in [0.1, 0.15) is 91.1 Å². The van der Waals surface area contributed by atoms with Crippen molar-refractivity contribution in [2.75, 3.05) is 32.1 Å². The SMILES string of the molecule is CO[C@H]1/C=C/O[C@@](C)(O)C(=O)c2c(O)c(C)c(O)c3c(O)c(c4c(c23)=NC2(CC[N+]([O-])(CC(C)C)CC2)N=4)NC(=O)/C(C)=C\C=C\[C@H](C)[C@H](O)[C@@H](C)[C@@H](O)[C@@H](C)[C@H](OC(C)=O)[C@@H]1C. The van der Waals surface area contributed by atoms with E-state index >= 15 is 0 Å². The lowest BCUT2D eigenvalue weighted by Crippen LogP contribution is -2.54. The quantitative estimate of drug-likeness (QED) is 0.0991. The van der Waals surface area contributed by atoms with Crippen LogP contribution in [0, 0.1) is 41.7 Å². The Labute approximate surface area is 367 Å². The molecule has 2 bridgehead atoms. The van der Waals surface area contributed by atoms with Crippen LogP contribution in [0.3, 0.4) is 0 Å². The number of rotatable bonds is 4. The van der Waals surface area contributed by atoms with Crippen molar-refractivity contribution in [1.82, 2.24) is 0 Å². The molecule has 17 nitrogen and oxygen atoms in total. The first-order valence-electron chi connectivity index (χ1n) is 21.4. The summed E-state index contributed by atoms with van der Waals surface area (Å²) in [5, 5.41) is 85.5. The summed E-state index contributed by atoms with van der Waals surface area (Å²) in [4.78, 5) is 50.8. The molecule has 17 heteroatoms. The molecule has 2 aromatic rings. The number of aromatic hydroxyl groups is 3. The number of amides is 1. The molecule has 3 aliphatic rings. The van der Waals surface area contributed by atoms with Gasteiger partial charge in [-0.05, 0) is 19.9 Å². The first-order valence-corrected chi connectivity index (χ1v) is 21.4. The summed E-state index contributed by atoms with van der Waals surface area (Å²) >= 11 is 0. The van der Waals surface area contributed by atoms with Crippen molar-refractivity contribution in [3.63, 3.8) is 0 Å². The molecule has 0 aromatic heterocycles. The molecular weight excluding hydrogens is 817 g/mol. The molecule has 5 rings (SSSR count). The number of benzene rings is 2. The molecule has 0 unspecified atom stereocenters. The lowest BCUT2D eigenvalue weighted by atomic mass is 9.78. The fraction of sp³-hybridized carbons (Fsp3) is 0.587. The number of allylic oxidation sites excluding steroid dienone is 2. The summed E-state index contributed by atoms with van der Waals surface area (Å²) in [6, 6.07) is 0. The number of aliphatic hydroxyl groups excluding tert-OH is 2. The fourth-order valence-corrected chi connectivity index (χ4v) is 9.07. The Balaban J connectivity index is 1.76. The van der Waals surface area contributed by atoms with Crippen LogP contribution in [-0.2, 0) is 23.8 Å². The third-order valence-electron chi connectivity index (χ3n) is 12.9. The Morgan fingerprint density at radius 2 is 1.57 bits per heavy atom. The highest BCUT2D eigenvalue weighted by Crippen LogP contribution is 2.46. The highest BCUT2D eigenvalue weighted by atomic mass is 16.6. The molecular formula is C46H64N4O13. The maximum atomic E-state index is 14.6. The van der Waals surface area contributed by atoms with Crippen LogP contribution in [0.15, 0.2) is 46.1 Å². The van der Waals surface area contributed by atoms with Gasteiger partial charge in [0.2, 0.25) is 5.78 Å². The molecule has 7 N–H and O–H groups in total. The largest absolute Gasteiger partial charge is 0.633 e. The number of phenols is 3. The van der Waals surface area contributed by atoms with E-state index in [9.17, 15) is 50.2 Å². The van der Waals surface area contributed by atoms with Crippen LogP contribution in [0.5, 0.6) is 17.2 Å². The standard InChI is InChI=1S/C46H64N4O13/c1-22(2)21-50(60)18-16-46(17-19-50)48-34-31-32-39(54)27(7)40(55)33(31)43(57)45(10,59)62-20-15-30(61-11)25(5)42(63-29(9)51)28(8)38(53)26(6)37(52)23(3)13-12-14-24(4)44(58)47-36(41(32)56)35(34)49-46/h12-15,20,22-23,25-26,28,30,37-38,42,52-56,59H,16-19,21H2,1-11H3,(H,47,58)/b13-12+,20-15+,24-14-/t23-,25+,26+,28+,30-,37-,38+,42+,45+,46?,50?/m0/s1. The molecule has 2 aromatic carbocycles. The average Bonchev–Trinajstić information content (AvgIpc) is 3.60. The second-order valence-electron chi connectivity index (χ2n) is 18.3. The molecule has 346 valence electrons. The van der Waals surface area contributed by atoms with Crippen LogP contribution in [0.25, 0.3) is 10.8 Å². The number of anilines is 1. The number of esters is 1. The lowest BCUT2D eigenvalue weighted by molar-refractivity contribution is -0.889. The predicted octanol–water partition coefficient (Wildman–Crippen LogP) is 4.07. The molecule has 1 fully saturated rings. The maximum absolute atomic E-state index is 14.6. The van der Waals surface area contributed by atoms with Crippen molar-refractivity contribution in [3.8, 4) is 17.2 Å². The van der Waals surface area contributed by atoms with E-state index in [0.717, 1.165) is 13.2 Å². The number of carbonyl (C=O) groups is 3. The Morgan fingerprint density at radius 1 is 0.952 bits per heavy atom. The number of likely N-dealkylation sites (tertiary alicyclic amines) is 1. The summed E-state index contributed by atoms with van der Waals surface area (Å²) in [6.07, 6.45) is 3.28. The van der Waals surface area contributed by atoms with Gasteiger partial charge in [0.1, 0.15) is 28.6 Å². The van der Waals surface area contributed by atoms with Crippen LogP contribution < -0.4 is 16.0 Å². The second kappa shape index (κ2) is 18.7. The van der Waals surface area contributed by atoms with Crippen molar-refractivity contribution in [3.05, 3.63) is 63.2 Å². The lowest BCUT2D eigenvalue weighted by Gasteiger charge is -2.49. The van der Waals surface area contributed by atoms with Gasteiger partial charge in [-0.3, -0.25) is 24.4 Å². The Morgan fingerprint density at radius 3 is 2.16 bits per heavy atom. The van der Waals surface area contributed by atoms with Crippen LogP contribution in [0.4, 0.5) is 5.69 Å². The van der Waals surface area contributed by atoms with Gasteiger partial charge in [-0.2, -0.15) is 0 Å². The minimum Gasteiger partial charge on any atom is -0.633 e. The minimum absolute atomic E-state index is 0.0733. The highest BCUT2D eigenvalue weighted by Gasteiger charge is 2.45. The minimum atomic E-state index is -2.74. The van der Waals surface area contributed by atoms with Gasteiger partial charge in [-0.25, -0.2) is 0 Å². The second-order valence-corrected chi connectivity index (χ2v) is 18.3. The van der Waals surface area contributed by atoms with Crippen molar-refractivity contribution in [2.24, 2.45) is 39.6 Å². The third kappa shape index (κ3) is 9.78. The molecule has 9 atom stereocenters. The Hall–Kier alpha value is -4.91. The van der Waals surface area contributed by atoms with E-state index in [1.807, 2.05) is 13.8 Å². The summed E-state index contributed by atoms with van der Waals surface area (Å²) < 4.78 is 16.6. The number of hydrogen-bond acceptors (Lipinski definition) is 15. The number of aliphatic hydroxyl groups is 3.